The largest absolute Gasteiger partial charge is 0.493 e. The summed E-state index contributed by atoms with van der Waals surface area (Å²) in [5, 5.41) is 2.63. The molecule has 1 saturated carbocycles. The number of amides is 1. The molecule has 136 valence electrons. The molecule has 0 spiro atoms. The van der Waals surface area contributed by atoms with E-state index < -0.39 is 11.7 Å². The summed E-state index contributed by atoms with van der Waals surface area (Å²) in [5.74, 6) is 7.52. The number of nitrogens with one attached hydrogen (secondary N) is 1. The Morgan fingerprint density at radius 2 is 2.00 bits per heavy atom. The molecule has 0 heterocycles. The lowest BCUT2D eigenvalue weighted by Gasteiger charge is -2.21. The van der Waals surface area contributed by atoms with E-state index in [2.05, 4.69) is 17.2 Å². The minimum Gasteiger partial charge on any atom is -0.493 e. The molecule has 0 unspecified atom stereocenters. The van der Waals surface area contributed by atoms with Crippen LogP contribution in [0.3, 0.4) is 0 Å². The van der Waals surface area contributed by atoms with Gasteiger partial charge >= 0.3 is 6.09 Å². The van der Waals surface area contributed by atoms with E-state index >= 15 is 0 Å². The molecule has 25 heavy (non-hydrogen) atoms. The maximum Gasteiger partial charge on any atom is 0.408 e. The second-order valence-electron chi connectivity index (χ2n) is 7.50. The summed E-state index contributed by atoms with van der Waals surface area (Å²) in [6.45, 7) is 6.53. The van der Waals surface area contributed by atoms with Crippen molar-refractivity contribution in [2.24, 2.45) is 5.92 Å². The summed E-state index contributed by atoms with van der Waals surface area (Å²) >= 11 is 0. The van der Waals surface area contributed by atoms with Crippen LogP contribution in [0.1, 0.15) is 58.4 Å². The quantitative estimate of drug-likeness (QED) is 0.818. The van der Waals surface area contributed by atoms with Crippen LogP contribution in [-0.2, 0) is 4.74 Å². The van der Waals surface area contributed by atoms with Crippen molar-refractivity contribution in [2.45, 2.75) is 58.5 Å². The van der Waals surface area contributed by atoms with Gasteiger partial charge in [0.05, 0.1) is 13.2 Å². The molecule has 0 bridgehead atoms. The third-order valence-corrected chi connectivity index (χ3v) is 4.00. The van der Waals surface area contributed by atoms with E-state index in [1.165, 1.54) is 32.1 Å². The van der Waals surface area contributed by atoms with Gasteiger partial charge in [-0.1, -0.05) is 37.2 Å². The van der Waals surface area contributed by atoms with Crippen molar-refractivity contribution in [2.75, 3.05) is 13.2 Å². The highest BCUT2D eigenvalue weighted by Gasteiger charge is 2.15. The van der Waals surface area contributed by atoms with Crippen LogP contribution in [0.15, 0.2) is 24.3 Å². The van der Waals surface area contributed by atoms with Gasteiger partial charge in [-0.15, -0.1) is 0 Å². The Balaban J connectivity index is 1.78. The molecule has 4 nitrogen and oxygen atoms in total. The normalized spacial score (nSPS) is 15.0. The fraction of sp³-hybridized carbons (Fsp3) is 0.571. The molecule has 0 saturated heterocycles. The van der Waals surface area contributed by atoms with Gasteiger partial charge in [-0.3, -0.25) is 0 Å². The van der Waals surface area contributed by atoms with Crippen LogP contribution < -0.4 is 10.1 Å². The average molecular weight is 343 g/mol. The molecule has 0 atom stereocenters. The Bertz CT molecular complexity index is 616. The van der Waals surface area contributed by atoms with E-state index in [1.54, 1.807) is 0 Å². The van der Waals surface area contributed by atoms with E-state index in [1.807, 2.05) is 45.0 Å². The Hall–Kier alpha value is -2.15. The molecular weight excluding hydrogens is 314 g/mol. The molecule has 1 fully saturated rings. The fourth-order valence-corrected chi connectivity index (χ4v) is 2.81. The highest BCUT2D eigenvalue weighted by molar-refractivity contribution is 5.68. The molecule has 1 aliphatic carbocycles. The van der Waals surface area contributed by atoms with Crippen molar-refractivity contribution in [3.8, 4) is 17.6 Å². The molecule has 1 amide bonds. The van der Waals surface area contributed by atoms with Crippen LogP contribution in [0.5, 0.6) is 5.75 Å². The number of hydrogen-bond acceptors (Lipinski definition) is 3. The second-order valence-corrected chi connectivity index (χ2v) is 7.50. The first-order valence-corrected chi connectivity index (χ1v) is 9.11. The molecular formula is C21H29NO3. The maximum absolute atomic E-state index is 11.5. The first-order valence-electron chi connectivity index (χ1n) is 9.11. The zero-order valence-corrected chi connectivity index (χ0v) is 15.6. The number of rotatable bonds is 4. The van der Waals surface area contributed by atoms with Crippen molar-refractivity contribution in [1.29, 1.82) is 0 Å². The number of carbonyl (C=O) groups is 1. The van der Waals surface area contributed by atoms with Gasteiger partial charge in [0, 0.05) is 5.56 Å². The Labute approximate surface area is 151 Å². The number of ether oxygens (including phenoxy) is 2. The van der Waals surface area contributed by atoms with E-state index in [4.69, 9.17) is 9.47 Å². The highest BCUT2D eigenvalue weighted by atomic mass is 16.6. The van der Waals surface area contributed by atoms with Gasteiger partial charge in [0.2, 0.25) is 0 Å². The van der Waals surface area contributed by atoms with E-state index in [9.17, 15) is 4.79 Å². The number of hydrogen-bond donors (Lipinski definition) is 1. The standard InChI is InChI=1S/C21H29NO3/c1-21(2,3)25-20(23)22-14-8-12-17-11-7-13-19(15-17)24-16-18-9-5-4-6-10-18/h7,11,13,15,18H,4-6,9-10,14,16H2,1-3H3,(H,22,23). The van der Waals surface area contributed by atoms with Crippen molar-refractivity contribution < 1.29 is 14.3 Å². The van der Waals surface area contributed by atoms with Crippen LogP contribution in [0, 0.1) is 17.8 Å². The molecule has 2 rings (SSSR count). The predicted molar refractivity (Wildman–Crippen MR) is 99.6 cm³/mol. The Kier molecular flexibility index (Phi) is 7.18. The zero-order valence-electron chi connectivity index (χ0n) is 15.6. The maximum atomic E-state index is 11.5. The molecule has 4 heteroatoms. The Morgan fingerprint density at radius 3 is 2.72 bits per heavy atom. The minimum atomic E-state index is -0.498. The molecule has 0 aromatic heterocycles. The lowest BCUT2D eigenvalue weighted by Crippen LogP contribution is -2.32. The molecule has 0 radical (unpaired) electrons. The molecule has 1 aromatic carbocycles. The van der Waals surface area contributed by atoms with Crippen molar-refractivity contribution >= 4 is 6.09 Å². The van der Waals surface area contributed by atoms with Crippen molar-refractivity contribution in [1.82, 2.24) is 5.32 Å². The number of alkyl carbamates (subject to hydrolysis) is 1. The SMILES string of the molecule is CC(C)(C)OC(=O)NCC#Cc1cccc(OCC2CCCCC2)c1. The highest BCUT2D eigenvalue weighted by Crippen LogP contribution is 2.24. The smallest absolute Gasteiger partial charge is 0.408 e. The van der Waals surface area contributed by atoms with E-state index in [-0.39, 0.29) is 6.54 Å². The topological polar surface area (TPSA) is 47.6 Å². The first kappa shape index (κ1) is 19.2. The van der Waals surface area contributed by atoms with Gasteiger partial charge in [0.15, 0.2) is 0 Å². The monoisotopic (exact) mass is 343 g/mol. The zero-order chi connectivity index (χ0) is 18.1. The Morgan fingerprint density at radius 1 is 1.24 bits per heavy atom. The summed E-state index contributed by atoms with van der Waals surface area (Å²) in [4.78, 5) is 11.5. The van der Waals surface area contributed by atoms with Crippen LogP contribution in [0.4, 0.5) is 4.79 Å². The van der Waals surface area contributed by atoms with Crippen LogP contribution in [0.25, 0.3) is 0 Å². The average Bonchev–Trinajstić information content (AvgIpc) is 2.57. The lowest BCUT2D eigenvalue weighted by atomic mass is 9.90. The summed E-state index contributed by atoms with van der Waals surface area (Å²) < 4.78 is 11.1. The first-order chi connectivity index (χ1) is 11.9. The van der Waals surface area contributed by atoms with Crippen LogP contribution in [-0.4, -0.2) is 24.8 Å². The van der Waals surface area contributed by atoms with Gasteiger partial charge in [0.25, 0.3) is 0 Å². The minimum absolute atomic E-state index is 0.252. The summed E-state index contributed by atoms with van der Waals surface area (Å²) in [6, 6.07) is 7.80. The van der Waals surface area contributed by atoms with Gasteiger partial charge in [-0.25, -0.2) is 4.79 Å². The van der Waals surface area contributed by atoms with Crippen molar-refractivity contribution in [3.05, 3.63) is 29.8 Å². The second kappa shape index (κ2) is 9.36. The summed E-state index contributed by atoms with van der Waals surface area (Å²) in [6.07, 6.45) is 6.10. The predicted octanol–water partition coefficient (Wildman–Crippen LogP) is 4.52. The van der Waals surface area contributed by atoms with Crippen LogP contribution in [0.2, 0.25) is 0 Å². The van der Waals surface area contributed by atoms with Gasteiger partial charge < -0.3 is 14.8 Å². The van der Waals surface area contributed by atoms with Crippen LogP contribution >= 0.6 is 0 Å². The van der Waals surface area contributed by atoms with Gasteiger partial charge in [0.1, 0.15) is 11.4 Å². The third kappa shape index (κ3) is 7.98. The third-order valence-electron chi connectivity index (χ3n) is 4.00. The molecule has 1 aromatic rings. The van der Waals surface area contributed by atoms with E-state index in [0.717, 1.165) is 17.9 Å². The van der Waals surface area contributed by atoms with Gasteiger partial charge in [-0.05, 0) is 57.7 Å². The van der Waals surface area contributed by atoms with Gasteiger partial charge in [-0.2, -0.15) is 0 Å². The fourth-order valence-electron chi connectivity index (χ4n) is 2.81. The molecule has 1 N–H and O–H groups in total. The van der Waals surface area contributed by atoms with Crippen molar-refractivity contribution in [3.63, 3.8) is 0 Å². The molecule has 1 aliphatic rings. The summed E-state index contributed by atoms with van der Waals surface area (Å²) in [7, 11) is 0. The van der Waals surface area contributed by atoms with E-state index in [0.29, 0.717) is 5.92 Å². The summed E-state index contributed by atoms with van der Waals surface area (Å²) in [5.41, 5.74) is 0.383. The number of carbonyl (C=O) groups excluding carboxylic acids is 1. The lowest BCUT2D eigenvalue weighted by molar-refractivity contribution is 0.0535. The number of benzene rings is 1. The molecule has 0 aliphatic heterocycles.